The van der Waals surface area contributed by atoms with Gasteiger partial charge in [0.05, 0.1) is 0 Å². The van der Waals surface area contributed by atoms with E-state index >= 15 is 0 Å². The number of aryl methyl sites for hydroxylation is 2. The van der Waals surface area contributed by atoms with E-state index in [0.29, 0.717) is 17.2 Å². The highest BCUT2D eigenvalue weighted by molar-refractivity contribution is 6.05. The number of hydrogen-bond acceptors (Lipinski definition) is 4. The van der Waals surface area contributed by atoms with Gasteiger partial charge in [0, 0.05) is 29.2 Å². The zero-order valence-corrected chi connectivity index (χ0v) is 15.2. The molecule has 2 aromatic heterocycles. The Morgan fingerprint density at radius 2 is 1.89 bits per heavy atom. The topological polar surface area (TPSA) is 72.2 Å². The molecular formula is C21H19N5O. The Morgan fingerprint density at radius 3 is 2.67 bits per heavy atom. The van der Waals surface area contributed by atoms with Gasteiger partial charge >= 0.3 is 0 Å². The van der Waals surface area contributed by atoms with Crippen molar-refractivity contribution in [1.29, 1.82) is 0 Å². The predicted molar refractivity (Wildman–Crippen MR) is 105 cm³/mol. The Balaban J connectivity index is 1.60. The first-order valence-electron chi connectivity index (χ1n) is 8.83. The summed E-state index contributed by atoms with van der Waals surface area (Å²) in [6.45, 7) is 4.08. The number of nitrogens with zero attached hydrogens (tertiary/aromatic N) is 4. The first-order valence-corrected chi connectivity index (χ1v) is 8.83. The number of carbonyl (C=O) groups excluding carboxylic acids is 1. The van der Waals surface area contributed by atoms with Crippen LogP contribution in [0.2, 0.25) is 0 Å². The lowest BCUT2D eigenvalue weighted by atomic mass is 10.0. The second-order valence-corrected chi connectivity index (χ2v) is 6.31. The van der Waals surface area contributed by atoms with Crippen molar-refractivity contribution in [3.05, 3.63) is 77.6 Å². The van der Waals surface area contributed by atoms with Crippen molar-refractivity contribution in [3.8, 4) is 11.4 Å². The van der Waals surface area contributed by atoms with E-state index in [2.05, 4.69) is 27.4 Å². The summed E-state index contributed by atoms with van der Waals surface area (Å²) in [5.41, 5.74) is 4.54. The molecule has 4 aromatic rings. The zero-order chi connectivity index (χ0) is 18.8. The molecule has 6 nitrogen and oxygen atoms in total. The molecule has 2 aromatic carbocycles. The smallest absolute Gasteiger partial charge is 0.255 e. The molecule has 0 aliphatic heterocycles. The number of aromatic nitrogens is 4. The van der Waals surface area contributed by atoms with E-state index in [-0.39, 0.29) is 5.91 Å². The third kappa shape index (κ3) is 3.17. The second-order valence-electron chi connectivity index (χ2n) is 6.31. The Bertz CT molecular complexity index is 1120. The molecule has 0 radical (unpaired) electrons. The van der Waals surface area contributed by atoms with Gasteiger partial charge in [-0.15, -0.1) is 10.2 Å². The maximum Gasteiger partial charge on any atom is 0.255 e. The summed E-state index contributed by atoms with van der Waals surface area (Å²) in [6.07, 6.45) is 4.41. The highest BCUT2D eigenvalue weighted by Crippen LogP contribution is 2.23. The molecule has 0 aliphatic carbocycles. The highest BCUT2D eigenvalue weighted by Gasteiger charge is 2.12. The quantitative estimate of drug-likeness (QED) is 0.601. The molecular weight excluding hydrogens is 338 g/mol. The molecule has 0 fully saturated rings. The van der Waals surface area contributed by atoms with Crippen LogP contribution in [0, 0.1) is 6.92 Å². The van der Waals surface area contributed by atoms with Crippen LogP contribution < -0.4 is 5.32 Å². The standard InChI is InChI=1S/C21H19N5O/c1-3-15-7-4-6-14(2)18(15)23-20(27)17-10-8-16(9-11-17)19-24-25-21-22-12-5-13-26(19)21/h4-13H,3H2,1-2H3,(H,23,27). The minimum Gasteiger partial charge on any atom is -0.321 e. The lowest BCUT2D eigenvalue weighted by Crippen LogP contribution is -2.14. The van der Waals surface area contributed by atoms with E-state index in [0.717, 1.165) is 28.8 Å². The third-order valence-corrected chi connectivity index (χ3v) is 4.57. The molecule has 0 aliphatic rings. The van der Waals surface area contributed by atoms with Crippen molar-refractivity contribution >= 4 is 17.4 Å². The fourth-order valence-electron chi connectivity index (χ4n) is 3.10. The van der Waals surface area contributed by atoms with Crippen LogP contribution in [-0.4, -0.2) is 25.5 Å². The lowest BCUT2D eigenvalue weighted by Gasteiger charge is -2.13. The minimum absolute atomic E-state index is 0.127. The van der Waals surface area contributed by atoms with Crippen LogP contribution in [0.4, 0.5) is 5.69 Å². The van der Waals surface area contributed by atoms with E-state index < -0.39 is 0 Å². The predicted octanol–water partition coefficient (Wildman–Crippen LogP) is 3.91. The maximum absolute atomic E-state index is 12.7. The van der Waals surface area contributed by atoms with Crippen LogP contribution in [-0.2, 0) is 6.42 Å². The van der Waals surface area contributed by atoms with Gasteiger partial charge in [0.2, 0.25) is 0 Å². The fourth-order valence-corrected chi connectivity index (χ4v) is 3.10. The van der Waals surface area contributed by atoms with E-state index in [4.69, 9.17) is 0 Å². The van der Waals surface area contributed by atoms with Crippen molar-refractivity contribution in [2.45, 2.75) is 20.3 Å². The van der Waals surface area contributed by atoms with E-state index in [1.54, 1.807) is 18.3 Å². The summed E-state index contributed by atoms with van der Waals surface area (Å²) in [6, 6.07) is 15.2. The molecule has 0 spiro atoms. The zero-order valence-electron chi connectivity index (χ0n) is 15.2. The van der Waals surface area contributed by atoms with Gasteiger partial charge in [0.1, 0.15) is 0 Å². The molecule has 0 atom stereocenters. The molecule has 134 valence electrons. The van der Waals surface area contributed by atoms with Crippen molar-refractivity contribution in [1.82, 2.24) is 19.6 Å². The molecule has 1 N–H and O–H groups in total. The number of para-hydroxylation sites is 1. The average Bonchev–Trinajstić information content (AvgIpc) is 3.13. The van der Waals surface area contributed by atoms with Crippen LogP contribution in [0.5, 0.6) is 0 Å². The van der Waals surface area contributed by atoms with Gasteiger partial charge in [0.25, 0.3) is 11.7 Å². The average molecular weight is 357 g/mol. The fraction of sp³-hybridized carbons (Fsp3) is 0.143. The van der Waals surface area contributed by atoms with Gasteiger partial charge in [-0.25, -0.2) is 4.98 Å². The first-order chi connectivity index (χ1) is 13.2. The number of fused-ring (bicyclic) bond motifs is 1. The summed E-state index contributed by atoms with van der Waals surface area (Å²) in [5.74, 6) is 1.11. The maximum atomic E-state index is 12.7. The molecule has 1 amide bonds. The number of carbonyl (C=O) groups is 1. The van der Waals surface area contributed by atoms with E-state index in [9.17, 15) is 4.79 Å². The molecule has 2 heterocycles. The van der Waals surface area contributed by atoms with Crippen LogP contribution in [0.1, 0.15) is 28.4 Å². The number of anilines is 1. The SMILES string of the molecule is CCc1cccc(C)c1NC(=O)c1ccc(-c2nnc3ncccn23)cc1. The first kappa shape index (κ1) is 16.9. The second kappa shape index (κ2) is 6.99. The number of benzene rings is 2. The minimum atomic E-state index is -0.127. The largest absolute Gasteiger partial charge is 0.321 e. The molecule has 27 heavy (non-hydrogen) atoms. The van der Waals surface area contributed by atoms with Gasteiger partial charge < -0.3 is 5.32 Å². The summed E-state index contributed by atoms with van der Waals surface area (Å²) >= 11 is 0. The number of amides is 1. The Hall–Kier alpha value is -3.54. The number of rotatable bonds is 4. The molecule has 0 bridgehead atoms. The molecule has 0 saturated heterocycles. The Labute approximate surface area is 156 Å². The summed E-state index contributed by atoms with van der Waals surface area (Å²) in [7, 11) is 0. The summed E-state index contributed by atoms with van der Waals surface area (Å²) in [5, 5.41) is 11.3. The van der Waals surface area contributed by atoms with Gasteiger partial charge in [-0.2, -0.15) is 0 Å². The van der Waals surface area contributed by atoms with Crippen molar-refractivity contribution in [2.75, 3.05) is 5.32 Å². The van der Waals surface area contributed by atoms with Crippen molar-refractivity contribution < 1.29 is 4.79 Å². The number of nitrogens with one attached hydrogen (secondary N) is 1. The molecule has 0 unspecified atom stereocenters. The van der Waals surface area contributed by atoms with Gasteiger partial charge in [-0.1, -0.05) is 37.3 Å². The van der Waals surface area contributed by atoms with Crippen LogP contribution >= 0.6 is 0 Å². The number of hydrogen-bond donors (Lipinski definition) is 1. The van der Waals surface area contributed by atoms with Crippen molar-refractivity contribution in [2.24, 2.45) is 0 Å². The van der Waals surface area contributed by atoms with Gasteiger partial charge in [-0.3, -0.25) is 9.20 Å². The van der Waals surface area contributed by atoms with Crippen LogP contribution in [0.3, 0.4) is 0 Å². The van der Waals surface area contributed by atoms with E-state index in [1.807, 2.05) is 53.9 Å². The molecule has 6 heteroatoms. The Kier molecular flexibility index (Phi) is 4.38. The van der Waals surface area contributed by atoms with Crippen molar-refractivity contribution in [3.63, 3.8) is 0 Å². The summed E-state index contributed by atoms with van der Waals surface area (Å²) < 4.78 is 1.82. The highest BCUT2D eigenvalue weighted by atomic mass is 16.1. The molecule has 4 rings (SSSR count). The van der Waals surface area contributed by atoms with Crippen LogP contribution in [0.15, 0.2) is 60.9 Å². The monoisotopic (exact) mass is 357 g/mol. The lowest BCUT2D eigenvalue weighted by molar-refractivity contribution is 0.102. The summed E-state index contributed by atoms with van der Waals surface area (Å²) in [4.78, 5) is 16.9. The molecule has 0 saturated carbocycles. The van der Waals surface area contributed by atoms with Gasteiger partial charge in [-0.05, 0) is 42.7 Å². The van der Waals surface area contributed by atoms with E-state index in [1.165, 1.54) is 0 Å². The van der Waals surface area contributed by atoms with Gasteiger partial charge in [0.15, 0.2) is 5.82 Å². The Morgan fingerprint density at radius 1 is 1.07 bits per heavy atom. The normalized spacial score (nSPS) is 10.9. The van der Waals surface area contributed by atoms with Crippen LogP contribution in [0.25, 0.3) is 17.2 Å². The third-order valence-electron chi connectivity index (χ3n) is 4.57.